The number of aromatic nitrogens is 3. The molecule has 0 radical (unpaired) electrons. The second kappa shape index (κ2) is 4.93. The Hall–Kier alpha value is -1.41. The minimum absolute atomic E-state index is 0.333. The van der Waals surface area contributed by atoms with Crippen LogP contribution in [0, 0.1) is 0 Å². The van der Waals surface area contributed by atoms with Gasteiger partial charge in [-0.05, 0) is 33.6 Å². The van der Waals surface area contributed by atoms with Crippen LogP contribution >= 0.6 is 15.9 Å². The summed E-state index contributed by atoms with van der Waals surface area (Å²) in [5, 5.41) is 17.5. The lowest BCUT2D eigenvalue weighted by molar-refractivity contribution is -0.137. The zero-order valence-electron chi connectivity index (χ0n) is 9.69. The van der Waals surface area contributed by atoms with Crippen molar-refractivity contribution in [3.05, 3.63) is 45.7 Å². The summed E-state index contributed by atoms with van der Waals surface area (Å²) in [6, 6.07) is 4.31. The number of aliphatic hydroxyl groups is 1. The van der Waals surface area contributed by atoms with Crippen LogP contribution in [0.15, 0.2) is 28.9 Å². The van der Waals surface area contributed by atoms with Crippen LogP contribution in [-0.4, -0.2) is 20.1 Å². The van der Waals surface area contributed by atoms with E-state index < -0.39 is 17.8 Å². The maximum Gasteiger partial charge on any atom is 0.416 e. The molecular formula is C11H9BrF3N3O. The quantitative estimate of drug-likeness (QED) is 0.917. The number of alkyl halides is 3. The first-order chi connectivity index (χ1) is 8.80. The van der Waals surface area contributed by atoms with Gasteiger partial charge in [-0.25, -0.2) is 4.68 Å². The minimum atomic E-state index is -4.39. The van der Waals surface area contributed by atoms with E-state index in [0.717, 1.165) is 12.1 Å². The molecule has 2 aromatic rings. The van der Waals surface area contributed by atoms with E-state index in [-0.39, 0.29) is 0 Å². The average Bonchev–Trinajstić information content (AvgIpc) is 2.67. The summed E-state index contributed by atoms with van der Waals surface area (Å²) in [7, 11) is 1.58. The summed E-state index contributed by atoms with van der Waals surface area (Å²) in [5.41, 5.74) is -0.0514. The predicted molar refractivity (Wildman–Crippen MR) is 64.2 cm³/mol. The topological polar surface area (TPSA) is 50.9 Å². The highest BCUT2D eigenvalue weighted by Crippen LogP contribution is 2.31. The largest absolute Gasteiger partial charge is 0.416 e. The fourth-order valence-corrected chi connectivity index (χ4v) is 2.19. The second-order valence-corrected chi connectivity index (χ2v) is 4.66. The van der Waals surface area contributed by atoms with Crippen molar-refractivity contribution in [1.29, 1.82) is 0 Å². The monoisotopic (exact) mass is 335 g/mol. The Morgan fingerprint density at radius 3 is 2.26 bits per heavy atom. The first kappa shape index (κ1) is 14.0. The van der Waals surface area contributed by atoms with E-state index in [1.165, 1.54) is 16.8 Å². The van der Waals surface area contributed by atoms with Crippen molar-refractivity contribution in [2.45, 2.75) is 12.3 Å². The van der Waals surface area contributed by atoms with Crippen LogP contribution in [0.25, 0.3) is 0 Å². The number of hydrogen-bond donors (Lipinski definition) is 1. The molecule has 102 valence electrons. The van der Waals surface area contributed by atoms with Gasteiger partial charge in [0.2, 0.25) is 0 Å². The SMILES string of the molecule is Cn1nnc(Br)c1C(O)c1ccc(C(F)(F)F)cc1. The van der Waals surface area contributed by atoms with Gasteiger partial charge in [0.05, 0.1) is 5.56 Å². The molecule has 0 fully saturated rings. The number of halogens is 4. The van der Waals surface area contributed by atoms with Crippen molar-refractivity contribution < 1.29 is 18.3 Å². The van der Waals surface area contributed by atoms with Crippen molar-refractivity contribution in [2.75, 3.05) is 0 Å². The third kappa shape index (κ3) is 2.79. The maximum atomic E-state index is 12.4. The lowest BCUT2D eigenvalue weighted by Crippen LogP contribution is -2.09. The molecule has 4 nitrogen and oxygen atoms in total. The molecule has 0 spiro atoms. The Morgan fingerprint density at radius 2 is 1.84 bits per heavy atom. The van der Waals surface area contributed by atoms with Gasteiger partial charge in [-0.3, -0.25) is 0 Å². The van der Waals surface area contributed by atoms with Gasteiger partial charge in [-0.1, -0.05) is 17.3 Å². The zero-order chi connectivity index (χ0) is 14.2. The van der Waals surface area contributed by atoms with Gasteiger partial charge < -0.3 is 5.11 Å². The molecule has 0 saturated carbocycles. The van der Waals surface area contributed by atoms with Gasteiger partial charge in [0.15, 0.2) is 4.60 Å². The average molecular weight is 336 g/mol. The molecule has 1 heterocycles. The van der Waals surface area contributed by atoms with Crippen molar-refractivity contribution >= 4 is 15.9 Å². The van der Waals surface area contributed by atoms with Crippen molar-refractivity contribution in [2.24, 2.45) is 7.05 Å². The molecule has 0 bridgehead atoms. The normalized spacial score (nSPS) is 13.6. The van der Waals surface area contributed by atoms with E-state index in [2.05, 4.69) is 26.2 Å². The molecule has 0 amide bonds. The lowest BCUT2D eigenvalue weighted by atomic mass is 10.0. The number of rotatable bonds is 2. The Morgan fingerprint density at radius 1 is 1.26 bits per heavy atom. The standard InChI is InChI=1S/C11H9BrF3N3O/c1-18-8(10(12)16-17-18)9(19)6-2-4-7(5-3-6)11(13,14)15/h2-5,9,19H,1H3. The van der Waals surface area contributed by atoms with Crippen LogP contribution in [0.1, 0.15) is 22.9 Å². The Balaban J connectivity index is 2.33. The molecular weight excluding hydrogens is 327 g/mol. The van der Waals surface area contributed by atoms with E-state index in [0.29, 0.717) is 15.9 Å². The molecule has 0 aliphatic rings. The maximum absolute atomic E-state index is 12.4. The van der Waals surface area contributed by atoms with Crippen molar-refractivity contribution in [3.8, 4) is 0 Å². The van der Waals surface area contributed by atoms with Crippen LogP contribution in [0.3, 0.4) is 0 Å². The number of nitrogens with zero attached hydrogens (tertiary/aromatic N) is 3. The van der Waals surface area contributed by atoms with Crippen molar-refractivity contribution in [3.63, 3.8) is 0 Å². The molecule has 1 aromatic heterocycles. The van der Waals surface area contributed by atoms with Gasteiger partial charge >= 0.3 is 6.18 Å². The summed E-state index contributed by atoms with van der Waals surface area (Å²) < 4.78 is 39.0. The van der Waals surface area contributed by atoms with Crippen LogP contribution in [-0.2, 0) is 13.2 Å². The number of aryl methyl sites for hydroxylation is 1. The Kier molecular flexibility index (Phi) is 3.64. The Labute approximate surface area is 115 Å². The van der Waals surface area contributed by atoms with E-state index >= 15 is 0 Å². The summed E-state index contributed by atoms with van der Waals surface area (Å²) in [6.07, 6.45) is -5.49. The summed E-state index contributed by atoms with van der Waals surface area (Å²) in [5.74, 6) is 0. The van der Waals surface area contributed by atoms with Crippen LogP contribution < -0.4 is 0 Å². The van der Waals surface area contributed by atoms with Crippen LogP contribution in [0.2, 0.25) is 0 Å². The molecule has 8 heteroatoms. The Bertz CT molecular complexity index is 560. The summed E-state index contributed by atoms with van der Waals surface area (Å²) in [4.78, 5) is 0. The lowest BCUT2D eigenvalue weighted by Gasteiger charge is -2.13. The fourth-order valence-electron chi connectivity index (χ4n) is 1.64. The predicted octanol–water partition coefficient (Wildman–Crippen LogP) is 2.68. The van der Waals surface area contributed by atoms with Gasteiger partial charge in [0, 0.05) is 7.05 Å². The highest BCUT2D eigenvalue weighted by molar-refractivity contribution is 9.10. The van der Waals surface area contributed by atoms with Crippen molar-refractivity contribution in [1.82, 2.24) is 15.0 Å². The van der Waals surface area contributed by atoms with Crippen LogP contribution in [0.5, 0.6) is 0 Å². The summed E-state index contributed by atoms with van der Waals surface area (Å²) in [6.45, 7) is 0. The van der Waals surface area contributed by atoms with Crippen LogP contribution in [0.4, 0.5) is 13.2 Å². The third-order valence-corrected chi connectivity index (χ3v) is 3.20. The highest BCUT2D eigenvalue weighted by atomic mass is 79.9. The third-order valence-electron chi connectivity index (χ3n) is 2.64. The molecule has 1 unspecified atom stereocenters. The fraction of sp³-hybridized carbons (Fsp3) is 0.273. The molecule has 1 atom stereocenters. The van der Waals surface area contributed by atoms with Gasteiger partial charge in [0.25, 0.3) is 0 Å². The van der Waals surface area contributed by atoms with Gasteiger partial charge in [-0.2, -0.15) is 13.2 Å². The first-order valence-electron chi connectivity index (χ1n) is 5.21. The minimum Gasteiger partial charge on any atom is -0.382 e. The molecule has 1 aromatic carbocycles. The summed E-state index contributed by atoms with van der Waals surface area (Å²) >= 11 is 3.13. The number of benzene rings is 1. The molecule has 0 aliphatic carbocycles. The molecule has 19 heavy (non-hydrogen) atoms. The van der Waals surface area contributed by atoms with Gasteiger partial charge in [0.1, 0.15) is 11.8 Å². The number of hydrogen-bond acceptors (Lipinski definition) is 3. The molecule has 2 rings (SSSR count). The van der Waals surface area contributed by atoms with E-state index in [9.17, 15) is 18.3 Å². The number of aliphatic hydroxyl groups excluding tert-OH is 1. The smallest absolute Gasteiger partial charge is 0.382 e. The van der Waals surface area contributed by atoms with Gasteiger partial charge in [-0.15, -0.1) is 5.10 Å². The van der Waals surface area contributed by atoms with E-state index in [1.54, 1.807) is 7.05 Å². The van der Waals surface area contributed by atoms with E-state index in [4.69, 9.17) is 0 Å². The highest BCUT2D eigenvalue weighted by Gasteiger charge is 2.30. The zero-order valence-corrected chi connectivity index (χ0v) is 11.3. The second-order valence-electron chi connectivity index (χ2n) is 3.91. The first-order valence-corrected chi connectivity index (χ1v) is 6.00. The molecule has 0 saturated heterocycles. The molecule has 1 N–H and O–H groups in total. The molecule has 0 aliphatic heterocycles. The van der Waals surface area contributed by atoms with E-state index in [1.807, 2.05) is 0 Å².